The molecule has 0 fully saturated rings. The predicted octanol–water partition coefficient (Wildman–Crippen LogP) is 4.48. The lowest BCUT2D eigenvalue weighted by Crippen LogP contribution is -2.13. The summed E-state index contributed by atoms with van der Waals surface area (Å²) in [5.41, 5.74) is 0.982. The predicted molar refractivity (Wildman–Crippen MR) is 97.9 cm³/mol. The van der Waals surface area contributed by atoms with E-state index < -0.39 is 5.91 Å². The van der Waals surface area contributed by atoms with E-state index in [1.807, 2.05) is 23.6 Å². The number of benzene rings is 1. The Morgan fingerprint density at radius 1 is 1.32 bits per heavy atom. The minimum Gasteiger partial charge on any atom is -0.297 e. The molecule has 3 aromatic rings. The van der Waals surface area contributed by atoms with Crippen LogP contribution in [0, 0.1) is 17.1 Å². The molecule has 0 aliphatic carbocycles. The first-order chi connectivity index (χ1) is 12.1. The minimum atomic E-state index is -0.487. The summed E-state index contributed by atoms with van der Waals surface area (Å²) in [5.74, 6) is -0.763. The van der Waals surface area contributed by atoms with Gasteiger partial charge in [0.25, 0.3) is 5.91 Å². The van der Waals surface area contributed by atoms with Gasteiger partial charge in [0.1, 0.15) is 17.5 Å². The van der Waals surface area contributed by atoms with Crippen molar-refractivity contribution in [1.29, 1.82) is 5.26 Å². The number of carbonyl (C=O) groups excluding carboxylic acids is 1. The average Bonchev–Trinajstić information content (AvgIpc) is 3.26. The number of nitriles is 1. The maximum atomic E-state index is 12.9. The van der Waals surface area contributed by atoms with E-state index in [-0.39, 0.29) is 11.4 Å². The number of halogens is 1. The maximum absolute atomic E-state index is 12.9. The number of carbonyl (C=O) groups is 1. The summed E-state index contributed by atoms with van der Waals surface area (Å²) in [6.07, 6.45) is 3.82. The van der Waals surface area contributed by atoms with Gasteiger partial charge in [-0.2, -0.15) is 5.26 Å². The third-order valence-corrected chi connectivity index (χ3v) is 4.99. The van der Waals surface area contributed by atoms with Crippen LogP contribution in [-0.4, -0.2) is 10.9 Å². The van der Waals surface area contributed by atoms with Crippen LogP contribution in [0.5, 0.6) is 0 Å². The highest BCUT2D eigenvalue weighted by Crippen LogP contribution is 2.22. The molecule has 0 saturated heterocycles. The second kappa shape index (κ2) is 7.83. The molecule has 1 N–H and O–H groups in total. The number of thiophene rings is 1. The Hall–Kier alpha value is -2.82. The lowest BCUT2D eigenvalue weighted by atomic mass is 10.1. The van der Waals surface area contributed by atoms with Gasteiger partial charge in [-0.25, -0.2) is 9.37 Å². The summed E-state index contributed by atoms with van der Waals surface area (Å²) in [6.45, 7) is 0. The smallest absolute Gasteiger partial charge is 0.268 e. The first-order valence-corrected chi connectivity index (χ1v) is 8.99. The number of hydrogen-bond donors (Lipinski definition) is 1. The van der Waals surface area contributed by atoms with Crippen molar-refractivity contribution in [3.63, 3.8) is 0 Å². The van der Waals surface area contributed by atoms with E-state index >= 15 is 0 Å². The molecule has 0 aliphatic rings. The van der Waals surface area contributed by atoms with Crippen molar-refractivity contribution in [2.24, 2.45) is 0 Å². The van der Waals surface area contributed by atoms with Gasteiger partial charge in [0, 0.05) is 22.4 Å². The lowest BCUT2D eigenvalue weighted by Gasteiger charge is -1.99. The number of aromatic nitrogens is 1. The highest BCUT2D eigenvalue weighted by Gasteiger charge is 2.12. The fourth-order valence-electron chi connectivity index (χ4n) is 2.08. The molecule has 0 spiro atoms. The number of thiazole rings is 1. The first kappa shape index (κ1) is 17.0. The van der Waals surface area contributed by atoms with Crippen LogP contribution in [0.15, 0.2) is 53.5 Å². The Morgan fingerprint density at radius 3 is 2.80 bits per heavy atom. The topological polar surface area (TPSA) is 65.8 Å². The van der Waals surface area contributed by atoms with E-state index in [9.17, 15) is 14.4 Å². The number of nitrogens with one attached hydrogen (secondary N) is 1. The van der Waals surface area contributed by atoms with E-state index in [0.29, 0.717) is 11.6 Å². The number of nitrogens with zero attached hydrogens (tertiary/aromatic N) is 2. The number of amides is 1. The molecule has 25 heavy (non-hydrogen) atoms. The van der Waals surface area contributed by atoms with Crippen molar-refractivity contribution in [1.82, 2.24) is 4.98 Å². The Balaban J connectivity index is 1.67. The van der Waals surface area contributed by atoms with E-state index in [0.717, 1.165) is 15.3 Å². The highest BCUT2D eigenvalue weighted by molar-refractivity contribution is 7.15. The quantitative estimate of drug-likeness (QED) is 0.533. The Labute approximate surface area is 151 Å². The van der Waals surface area contributed by atoms with E-state index in [4.69, 9.17) is 0 Å². The van der Waals surface area contributed by atoms with Crippen LogP contribution < -0.4 is 5.32 Å². The van der Waals surface area contributed by atoms with Gasteiger partial charge >= 0.3 is 0 Å². The van der Waals surface area contributed by atoms with Crippen LogP contribution in [0.25, 0.3) is 6.08 Å². The second-order valence-corrected chi connectivity index (χ2v) is 7.17. The molecule has 2 aromatic heterocycles. The van der Waals surface area contributed by atoms with E-state index in [1.165, 1.54) is 34.8 Å². The normalized spacial score (nSPS) is 11.1. The lowest BCUT2D eigenvalue weighted by molar-refractivity contribution is -0.112. The third-order valence-electron chi connectivity index (χ3n) is 3.26. The van der Waals surface area contributed by atoms with E-state index in [1.54, 1.807) is 24.4 Å². The molecule has 0 bridgehead atoms. The van der Waals surface area contributed by atoms with Crippen LogP contribution in [0.3, 0.4) is 0 Å². The summed E-state index contributed by atoms with van der Waals surface area (Å²) in [5, 5.41) is 14.1. The molecule has 124 valence electrons. The van der Waals surface area contributed by atoms with Crippen molar-refractivity contribution < 1.29 is 9.18 Å². The Kier molecular flexibility index (Phi) is 5.33. The first-order valence-electron chi connectivity index (χ1n) is 7.30. The monoisotopic (exact) mass is 369 g/mol. The van der Waals surface area contributed by atoms with Gasteiger partial charge < -0.3 is 0 Å². The molecule has 4 nitrogen and oxygen atoms in total. The number of anilines is 1. The number of rotatable bonds is 5. The van der Waals surface area contributed by atoms with Gasteiger partial charge in [0.05, 0.1) is 0 Å². The molecule has 0 unspecified atom stereocenters. The van der Waals surface area contributed by atoms with E-state index in [2.05, 4.69) is 10.3 Å². The Morgan fingerprint density at radius 2 is 2.12 bits per heavy atom. The maximum Gasteiger partial charge on any atom is 0.268 e. The molecular formula is C18H12FN3OS2. The van der Waals surface area contributed by atoms with Gasteiger partial charge in [-0.1, -0.05) is 18.2 Å². The van der Waals surface area contributed by atoms with Crippen molar-refractivity contribution in [2.75, 3.05) is 5.32 Å². The standard InChI is InChI=1S/C18H12FN3OS2/c19-14-5-3-12(4-6-14)8-16-11-21-18(25-16)22-17(23)13(10-20)9-15-2-1-7-24-15/h1-7,9,11H,8H2,(H,21,22,23). The molecule has 2 heterocycles. The van der Waals surface area contributed by atoms with Gasteiger partial charge in [-0.05, 0) is 35.2 Å². The van der Waals surface area contributed by atoms with Crippen LogP contribution in [0.4, 0.5) is 9.52 Å². The fraction of sp³-hybridized carbons (Fsp3) is 0.0556. The largest absolute Gasteiger partial charge is 0.297 e. The third kappa shape index (κ3) is 4.59. The second-order valence-electron chi connectivity index (χ2n) is 5.07. The average molecular weight is 369 g/mol. The highest BCUT2D eigenvalue weighted by atomic mass is 32.1. The van der Waals surface area contributed by atoms with Gasteiger partial charge in [-0.15, -0.1) is 22.7 Å². The SMILES string of the molecule is N#CC(=Cc1cccs1)C(=O)Nc1ncc(Cc2ccc(F)cc2)s1. The Bertz CT molecular complexity index is 938. The van der Waals surface area contributed by atoms with Crippen LogP contribution in [0.2, 0.25) is 0 Å². The summed E-state index contributed by atoms with van der Waals surface area (Å²) < 4.78 is 12.9. The van der Waals surface area contributed by atoms with Crippen molar-refractivity contribution >= 4 is 39.8 Å². The molecule has 7 heteroatoms. The van der Waals surface area contributed by atoms with Gasteiger partial charge in [0.15, 0.2) is 5.13 Å². The molecule has 1 aromatic carbocycles. The molecule has 0 aliphatic heterocycles. The zero-order chi connectivity index (χ0) is 17.6. The van der Waals surface area contributed by atoms with Gasteiger partial charge in [-0.3, -0.25) is 10.1 Å². The molecule has 0 saturated carbocycles. The summed E-state index contributed by atoms with van der Waals surface area (Å²) in [4.78, 5) is 18.1. The summed E-state index contributed by atoms with van der Waals surface area (Å²) >= 11 is 2.77. The molecule has 3 rings (SSSR count). The zero-order valence-electron chi connectivity index (χ0n) is 12.9. The van der Waals surface area contributed by atoms with Crippen molar-refractivity contribution in [3.8, 4) is 6.07 Å². The summed E-state index contributed by atoms with van der Waals surface area (Å²) in [7, 11) is 0. The molecular weight excluding hydrogens is 357 g/mol. The number of hydrogen-bond acceptors (Lipinski definition) is 5. The van der Waals surface area contributed by atoms with Crippen molar-refractivity contribution in [2.45, 2.75) is 6.42 Å². The molecule has 0 atom stereocenters. The fourth-order valence-corrected chi connectivity index (χ4v) is 3.58. The minimum absolute atomic E-state index is 0.0257. The van der Waals surface area contributed by atoms with Crippen molar-refractivity contribution in [3.05, 3.63) is 74.7 Å². The molecule has 0 radical (unpaired) electrons. The van der Waals surface area contributed by atoms with Gasteiger partial charge in [0.2, 0.25) is 0 Å². The van der Waals surface area contributed by atoms with Crippen LogP contribution >= 0.6 is 22.7 Å². The molecule has 1 amide bonds. The van der Waals surface area contributed by atoms with Crippen LogP contribution in [0.1, 0.15) is 15.3 Å². The summed E-state index contributed by atoms with van der Waals surface area (Å²) in [6, 6.07) is 11.8. The van der Waals surface area contributed by atoms with Crippen LogP contribution in [-0.2, 0) is 11.2 Å². The zero-order valence-corrected chi connectivity index (χ0v) is 14.5.